The van der Waals surface area contributed by atoms with Gasteiger partial charge in [-0.3, -0.25) is 4.98 Å². The average Bonchev–Trinajstić information content (AvgIpc) is 3.79. The fourth-order valence-electron chi connectivity index (χ4n) is 7.37. The molecule has 0 aliphatic heterocycles. The van der Waals surface area contributed by atoms with Gasteiger partial charge in [0.1, 0.15) is 11.1 Å². The zero-order valence-electron chi connectivity index (χ0n) is 25.1. The van der Waals surface area contributed by atoms with Crippen LogP contribution in [0.5, 0.6) is 0 Å². The van der Waals surface area contributed by atoms with Crippen LogP contribution < -0.4 is 0 Å². The van der Waals surface area contributed by atoms with E-state index in [0.717, 1.165) is 77.4 Å². The average molecular weight is 601 g/mol. The lowest BCUT2D eigenvalue weighted by Gasteiger charge is -2.13. The molecule has 0 amide bonds. The van der Waals surface area contributed by atoms with E-state index in [1.807, 2.05) is 30.5 Å². The minimum Gasteiger partial charge on any atom is -0.454 e. The summed E-state index contributed by atoms with van der Waals surface area (Å²) in [6.45, 7) is 0. The van der Waals surface area contributed by atoms with Gasteiger partial charge < -0.3 is 13.6 Å². The van der Waals surface area contributed by atoms with Crippen LogP contribution in [0.15, 0.2) is 150 Å². The van der Waals surface area contributed by atoms with Crippen molar-refractivity contribution in [2.75, 3.05) is 0 Å². The first-order valence-electron chi connectivity index (χ1n) is 15.6. The summed E-state index contributed by atoms with van der Waals surface area (Å²) in [7, 11) is 0. The number of benzene rings is 6. The predicted molar refractivity (Wildman–Crippen MR) is 190 cm³/mol. The van der Waals surface area contributed by atoms with Crippen LogP contribution in [-0.4, -0.2) is 14.1 Å². The molecule has 5 heteroatoms. The van der Waals surface area contributed by atoms with Crippen LogP contribution in [0.2, 0.25) is 0 Å². The largest absolute Gasteiger partial charge is 0.454 e. The highest BCUT2D eigenvalue weighted by Gasteiger charge is 2.20. The van der Waals surface area contributed by atoms with Crippen LogP contribution in [0.25, 0.3) is 88.2 Å². The Bertz CT molecular complexity index is 2930. The minimum atomic E-state index is 0.660. The molecular formula is C42H24N4O. The number of furan rings is 1. The van der Waals surface area contributed by atoms with Crippen molar-refractivity contribution in [2.45, 2.75) is 0 Å². The van der Waals surface area contributed by atoms with Crippen LogP contribution in [0.1, 0.15) is 5.56 Å². The summed E-state index contributed by atoms with van der Waals surface area (Å²) in [5, 5.41) is 15.2. The summed E-state index contributed by atoms with van der Waals surface area (Å²) < 4.78 is 10.9. The van der Waals surface area contributed by atoms with E-state index in [1.165, 1.54) is 10.8 Å². The van der Waals surface area contributed by atoms with E-state index >= 15 is 0 Å². The highest BCUT2D eigenvalue weighted by molar-refractivity contribution is 6.23. The number of hydrogen-bond acceptors (Lipinski definition) is 3. The van der Waals surface area contributed by atoms with E-state index in [9.17, 15) is 5.26 Å². The molecule has 0 bridgehead atoms. The minimum absolute atomic E-state index is 0.660. The number of aromatic nitrogens is 3. The number of pyridine rings is 1. The molecule has 4 heterocycles. The standard InChI is InChI=1S/C42H24N4O/c43-25-26-17-19-37-34(22-26)32-13-2-3-14-35(32)45(37)29-10-5-8-27(23-29)28-9-6-11-30(24-28)46-36-15-4-1-12-31(36)33-18-20-38-40(42(33)46)41-39(47-38)16-7-21-44-41/h1-24H. The van der Waals surface area contributed by atoms with Crippen LogP contribution in [0, 0.1) is 11.3 Å². The summed E-state index contributed by atoms with van der Waals surface area (Å²) in [5.74, 6) is 0. The van der Waals surface area contributed by atoms with Crippen LogP contribution >= 0.6 is 0 Å². The molecule has 0 radical (unpaired) electrons. The Morgan fingerprint density at radius 2 is 1.21 bits per heavy atom. The third kappa shape index (κ3) is 3.67. The van der Waals surface area contributed by atoms with Gasteiger partial charge in [0.2, 0.25) is 0 Å². The highest BCUT2D eigenvalue weighted by Crippen LogP contribution is 2.41. The zero-order chi connectivity index (χ0) is 31.1. The van der Waals surface area contributed by atoms with Gasteiger partial charge in [0.05, 0.1) is 39.1 Å². The van der Waals surface area contributed by atoms with Gasteiger partial charge in [-0.1, -0.05) is 60.7 Å². The molecule has 0 fully saturated rings. The Morgan fingerprint density at radius 1 is 0.532 bits per heavy atom. The van der Waals surface area contributed by atoms with Crippen molar-refractivity contribution in [1.82, 2.24) is 14.1 Å². The second-order valence-electron chi connectivity index (χ2n) is 11.9. The summed E-state index contributed by atoms with van der Waals surface area (Å²) in [6, 6.07) is 50.8. The van der Waals surface area contributed by atoms with Crippen molar-refractivity contribution in [3.8, 4) is 28.6 Å². The smallest absolute Gasteiger partial charge is 0.153 e. The van der Waals surface area contributed by atoms with Crippen molar-refractivity contribution < 1.29 is 4.42 Å². The maximum Gasteiger partial charge on any atom is 0.153 e. The van der Waals surface area contributed by atoms with Crippen molar-refractivity contribution in [3.63, 3.8) is 0 Å². The van der Waals surface area contributed by atoms with E-state index in [2.05, 4.69) is 130 Å². The Hall–Kier alpha value is -6.64. The quantitative estimate of drug-likeness (QED) is 0.203. The number of fused-ring (bicyclic) bond motifs is 10. The molecule has 0 spiro atoms. The highest BCUT2D eigenvalue weighted by atomic mass is 16.3. The van der Waals surface area contributed by atoms with E-state index in [0.29, 0.717) is 5.56 Å². The second-order valence-corrected chi connectivity index (χ2v) is 11.9. The molecule has 218 valence electrons. The Balaban J connectivity index is 1.20. The fraction of sp³-hybridized carbons (Fsp3) is 0. The lowest BCUT2D eigenvalue weighted by atomic mass is 10.0. The van der Waals surface area contributed by atoms with Gasteiger partial charge in [-0.25, -0.2) is 0 Å². The van der Waals surface area contributed by atoms with Crippen LogP contribution in [0.4, 0.5) is 0 Å². The lowest BCUT2D eigenvalue weighted by Crippen LogP contribution is -1.96. The molecule has 4 aromatic heterocycles. The third-order valence-corrected chi connectivity index (χ3v) is 9.37. The molecular weight excluding hydrogens is 576 g/mol. The fourth-order valence-corrected chi connectivity index (χ4v) is 7.37. The normalized spacial score (nSPS) is 11.8. The number of para-hydroxylation sites is 2. The molecule has 10 rings (SSSR count). The summed E-state index contributed by atoms with van der Waals surface area (Å²) in [5.41, 5.74) is 11.9. The van der Waals surface area contributed by atoms with Crippen LogP contribution in [-0.2, 0) is 0 Å². The van der Waals surface area contributed by atoms with Gasteiger partial charge in [0.15, 0.2) is 5.58 Å². The molecule has 6 aromatic carbocycles. The van der Waals surface area contributed by atoms with Gasteiger partial charge in [-0.2, -0.15) is 5.26 Å². The van der Waals surface area contributed by atoms with E-state index < -0.39 is 0 Å². The van der Waals surface area contributed by atoms with E-state index in [-0.39, 0.29) is 0 Å². The number of nitrogens with zero attached hydrogens (tertiary/aromatic N) is 4. The monoisotopic (exact) mass is 600 g/mol. The van der Waals surface area contributed by atoms with Crippen molar-refractivity contribution in [1.29, 1.82) is 5.26 Å². The Labute approximate surface area is 268 Å². The molecule has 0 N–H and O–H groups in total. The summed E-state index contributed by atoms with van der Waals surface area (Å²) >= 11 is 0. The van der Waals surface area contributed by atoms with E-state index in [1.54, 1.807) is 0 Å². The maximum absolute atomic E-state index is 9.58. The van der Waals surface area contributed by atoms with Gasteiger partial charge in [0, 0.05) is 39.1 Å². The SMILES string of the molecule is N#Cc1ccc2c(c1)c1ccccc1n2-c1cccc(-c2cccc(-n3c4ccccc4c4ccc5oc6cccnc6c5c43)c2)c1. The lowest BCUT2D eigenvalue weighted by molar-refractivity contribution is 0.668. The van der Waals surface area contributed by atoms with Gasteiger partial charge in [-0.05, 0) is 90.0 Å². The van der Waals surface area contributed by atoms with Crippen molar-refractivity contribution >= 4 is 65.7 Å². The molecule has 0 aliphatic carbocycles. The zero-order valence-corrected chi connectivity index (χ0v) is 25.1. The second kappa shape index (κ2) is 9.68. The molecule has 0 atom stereocenters. The van der Waals surface area contributed by atoms with Crippen molar-refractivity contribution in [3.05, 3.63) is 151 Å². The molecule has 5 nitrogen and oxygen atoms in total. The van der Waals surface area contributed by atoms with Crippen LogP contribution in [0.3, 0.4) is 0 Å². The summed E-state index contributed by atoms with van der Waals surface area (Å²) in [4.78, 5) is 4.75. The number of rotatable bonds is 3. The third-order valence-electron chi connectivity index (χ3n) is 9.37. The molecule has 10 aromatic rings. The molecule has 0 unspecified atom stereocenters. The molecule has 0 aliphatic rings. The van der Waals surface area contributed by atoms with Gasteiger partial charge >= 0.3 is 0 Å². The van der Waals surface area contributed by atoms with Crippen molar-refractivity contribution in [2.24, 2.45) is 0 Å². The topological polar surface area (TPSA) is 59.7 Å². The Kier molecular flexibility index (Phi) is 5.28. The van der Waals surface area contributed by atoms with Gasteiger partial charge in [0.25, 0.3) is 0 Å². The predicted octanol–water partition coefficient (Wildman–Crippen LogP) is 10.7. The molecule has 0 saturated carbocycles. The summed E-state index contributed by atoms with van der Waals surface area (Å²) in [6.07, 6.45) is 1.83. The Morgan fingerprint density at radius 3 is 1.98 bits per heavy atom. The molecule has 47 heavy (non-hydrogen) atoms. The van der Waals surface area contributed by atoms with E-state index in [4.69, 9.17) is 9.40 Å². The molecule has 0 saturated heterocycles. The number of hydrogen-bond donors (Lipinski definition) is 0. The first-order valence-corrected chi connectivity index (χ1v) is 15.6. The first-order chi connectivity index (χ1) is 23.3. The number of nitriles is 1. The van der Waals surface area contributed by atoms with Gasteiger partial charge in [-0.15, -0.1) is 0 Å². The first kappa shape index (κ1) is 25.7. The maximum atomic E-state index is 9.58.